The van der Waals surface area contributed by atoms with Crippen LogP contribution in [-0.2, 0) is 0 Å². The highest BCUT2D eigenvalue weighted by atomic mass is 15.1. The first-order valence-corrected chi connectivity index (χ1v) is 5.03. The maximum atomic E-state index is 4.13. The molecule has 0 radical (unpaired) electrons. The van der Waals surface area contributed by atoms with Crippen LogP contribution >= 0.6 is 0 Å². The van der Waals surface area contributed by atoms with Gasteiger partial charge in [0, 0.05) is 23.2 Å². The van der Waals surface area contributed by atoms with E-state index in [2.05, 4.69) is 22.4 Å². The van der Waals surface area contributed by atoms with Gasteiger partial charge in [0.1, 0.15) is 0 Å². The van der Waals surface area contributed by atoms with Crippen molar-refractivity contribution in [3.8, 4) is 0 Å². The highest BCUT2D eigenvalue weighted by Gasteiger charge is 2.25. The van der Waals surface area contributed by atoms with Crippen molar-refractivity contribution in [3.63, 3.8) is 0 Å². The van der Waals surface area contributed by atoms with Crippen LogP contribution in [0.5, 0.6) is 0 Å². The van der Waals surface area contributed by atoms with Crippen LogP contribution in [0.25, 0.3) is 0 Å². The molecule has 72 valence electrons. The Kier molecular flexibility index (Phi) is 2.36. The second-order valence-electron chi connectivity index (χ2n) is 3.88. The fourth-order valence-corrected chi connectivity index (χ4v) is 1.83. The summed E-state index contributed by atoms with van der Waals surface area (Å²) in [6, 6.07) is 0.411. The van der Waals surface area contributed by atoms with E-state index in [-0.39, 0.29) is 0 Å². The monoisotopic (exact) mass is 179 g/mol. The summed E-state index contributed by atoms with van der Waals surface area (Å²) >= 11 is 0. The molecule has 0 spiro atoms. The van der Waals surface area contributed by atoms with Crippen molar-refractivity contribution in [1.29, 1.82) is 0 Å². The average molecular weight is 179 g/mol. The lowest BCUT2D eigenvalue weighted by Crippen LogP contribution is -2.17. The van der Waals surface area contributed by atoms with Gasteiger partial charge in [-0.15, -0.1) is 0 Å². The minimum Gasteiger partial charge on any atom is -0.313 e. The van der Waals surface area contributed by atoms with Crippen molar-refractivity contribution >= 4 is 0 Å². The average Bonchev–Trinajstić information content (AvgIpc) is 2.49. The minimum absolute atomic E-state index is 0.411. The summed E-state index contributed by atoms with van der Waals surface area (Å²) in [5.41, 5.74) is 2.69. The van der Waals surface area contributed by atoms with Crippen molar-refractivity contribution < 1.29 is 0 Å². The third-order valence-electron chi connectivity index (χ3n) is 3.11. The van der Waals surface area contributed by atoms with Crippen molar-refractivity contribution in [2.24, 2.45) is 0 Å². The Hall–Kier alpha value is -0.830. The van der Waals surface area contributed by atoms with Gasteiger partial charge in [-0.3, -0.25) is 5.10 Å². The maximum absolute atomic E-state index is 4.13. The molecule has 0 bridgehead atoms. The molecule has 1 aliphatic carbocycles. The van der Waals surface area contributed by atoms with E-state index in [1.807, 2.05) is 13.2 Å². The van der Waals surface area contributed by atoms with Crippen LogP contribution in [0.1, 0.15) is 49.4 Å². The molecule has 13 heavy (non-hydrogen) atoms. The van der Waals surface area contributed by atoms with E-state index < -0.39 is 0 Å². The summed E-state index contributed by atoms with van der Waals surface area (Å²) in [7, 11) is 1.99. The first-order chi connectivity index (χ1) is 6.33. The second-order valence-corrected chi connectivity index (χ2v) is 3.88. The van der Waals surface area contributed by atoms with Gasteiger partial charge >= 0.3 is 0 Å². The van der Waals surface area contributed by atoms with Gasteiger partial charge in [0.25, 0.3) is 0 Å². The van der Waals surface area contributed by atoms with Gasteiger partial charge in [0.15, 0.2) is 0 Å². The summed E-state index contributed by atoms with van der Waals surface area (Å²) in [5, 5.41) is 10.5. The zero-order valence-corrected chi connectivity index (χ0v) is 8.30. The van der Waals surface area contributed by atoms with E-state index >= 15 is 0 Å². The Morgan fingerprint density at radius 2 is 2.38 bits per heavy atom. The van der Waals surface area contributed by atoms with Crippen LogP contribution in [0.2, 0.25) is 0 Å². The fourth-order valence-electron chi connectivity index (χ4n) is 1.83. The molecule has 1 aromatic heterocycles. The van der Waals surface area contributed by atoms with Gasteiger partial charge in [0.05, 0.1) is 6.20 Å². The van der Waals surface area contributed by atoms with E-state index in [0.717, 1.165) is 5.92 Å². The molecular weight excluding hydrogens is 162 g/mol. The Morgan fingerprint density at radius 3 is 2.92 bits per heavy atom. The van der Waals surface area contributed by atoms with E-state index in [1.54, 1.807) is 0 Å². The number of nitrogens with zero attached hydrogens (tertiary/aromatic N) is 1. The molecule has 0 amide bonds. The van der Waals surface area contributed by atoms with E-state index in [0.29, 0.717) is 6.04 Å². The SMILES string of the molecule is CNC(C)c1cn[nH]c1C1CCC1. The molecule has 1 aliphatic rings. The van der Waals surface area contributed by atoms with Crippen LogP contribution in [0.3, 0.4) is 0 Å². The summed E-state index contributed by atoms with van der Waals surface area (Å²) < 4.78 is 0. The van der Waals surface area contributed by atoms with Crippen molar-refractivity contribution in [1.82, 2.24) is 15.5 Å². The molecule has 3 nitrogen and oxygen atoms in total. The lowest BCUT2D eigenvalue weighted by atomic mass is 9.81. The van der Waals surface area contributed by atoms with Gasteiger partial charge in [-0.25, -0.2) is 0 Å². The summed E-state index contributed by atoms with van der Waals surface area (Å²) in [6.07, 6.45) is 5.98. The molecule has 1 fully saturated rings. The lowest BCUT2D eigenvalue weighted by molar-refractivity contribution is 0.405. The molecule has 0 saturated heterocycles. The maximum Gasteiger partial charge on any atom is 0.0538 e. The molecule has 1 heterocycles. The topological polar surface area (TPSA) is 40.7 Å². The van der Waals surface area contributed by atoms with E-state index in [1.165, 1.54) is 30.5 Å². The third kappa shape index (κ3) is 1.48. The first kappa shape index (κ1) is 8.75. The summed E-state index contributed by atoms with van der Waals surface area (Å²) in [5.74, 6) is 0.744. The Labute approximate surface area is 78.9 Å². The van der Waals surface area contributed by atoms with Crippen LogP contribution in [0.4, 0.5) is 0 Å². The van der Waals surface area contributed by atoms with Gasteiger partial charge in [-0.1, -0.05) is 6.42 Å². The van der Waals surface area contributed by atoms with Crippen LogP contribution in [-0.4, -0.2) is 17.2 Å². The van der Waals surface area contributed by atoms with E-state index in [9.17, 15) is 0 Å². The Balaban J connectivity index is 2.19. The van der Waals surface area contributed by atoms with Gasteiger partial charge in [-0.05, 0) is 26.8 Å². The fraction of sp³-hybridized carbons (Fsp3) is 0.700. The Bertz CT molecular complexity index is 256. The van der Waals surface area contributed by atoms with Gasteiger partial charge in [-0.2, -0.15) is 5.10 Å². The molecule has 1 atom stereocenters. The highest BCUT2D eigenvalue weighted by molar-refractivity contribution is 5.25. The number of aromatic amines is 1. The highest BCUT2D eigenvalue weighted by Crippen LogP contribution is 2.38. The standard InChI is InChI=1S/C10H17N3/c1-7(11-2)9-6-12-13-10(9)8-4-3-5-8/h6-8,11H,3-5H2,1-2H3,(H,12,13). The first-order valence-electron chi connectivity index (χ1n) is 5.03. The van der Waals surface area contributed by atoms with Crippen molar-refractivity contribution in [3.05, 3.63) is 17.5 Å². The molecule has 2 N–H and O–H groups in total. The number of H-pyrrole nitrogens is 1. The normalized spacial score (nSPS) is 19.8. The quantitative estimate of drug-likeness (QED) is 0.744. The molecule has 3 heteroatoms. The molecule has 1 saturated carbocycles. The van der Waals surface area contributed by atoms with Gasteiger partial charge < -0.3 is 5.32 Å². The Morgan fingerprint density at radius 1 is 1.62 bits per heavy atom. The molecule has 1 aromatic rings. The van der Waals surface area contributed by atoms with Crippen LogP contribution in [0, 0.1) is 0 Å². The predicted octanol–water partition coefficient (Wildman–Crippen LogP) is 1.96. The van der Waals surface area contributed by atoms with Gasteiger partial charge in [0.2, 0.25) is 0 Å². The molecule has 0 aliphatic heterocycles. The number of rotatable bonds is 3. The zero-order chi connectivity index (χ0) is 9.26. The van der Waals surface area contributed by atoms with Crippen LogP contribution < -0.4 is 5.32 Å². The van der Waals surface area contributed by atoms with Crippen molar-refractivity contribution in [2.45, 2.75) is 38.1 Å². The molecule has 1 unspecified atom stereocenters. The minimum atomic E-state index is 0.411. The van der Waals surface area contributed by atoms with Crippen molar-refractivity contribution in [2.75, 3.05) is 7.05 Å². The largest absolute Gasteiger partial charge is 0.313 e. The second kappa shape index (κ2) is 3.50. The third-order valence-corrected chi connectivity index (χ3v) is 3.11. The number of nitrogens with one attached hydrogen (secondary N) is 2. The zero-order valence-electron chi connectivity index (χ0n) is 8.30. The summed E-state index contributed by atoms with van der Waals surface area (Å²) in [4.78, 5) is 0. The lowest BCUT2D eigenvalue weighted by Gasteiger charge is -2.26. The number of hydrogen-bond acceptors (Lipinski definition) is 2. The smallest absolute Gasteiger partial charge is 0.0538 e. The molecule has 2 rings (SSSR count). The van der Waals surface area contributed by atoms with Crippen LogP contribution in [0.15, 0.2) is 6.20 Å². The summed E-state index contributed by atoms with van der Waals surface area (Å²) in [6.45, 7) is 2.17. The molecular formula is C10H17N3. The molecule has 0 aromatic carbocycles. The number of aromatic nitrogens is 2. The predicted molar refractivity (Wildman–Crippen MR) is 52.7 cm³/mol. The number of hydrogen-bond donors (Lipinski definition) is 2. The van der Waals surface area contributed by atoms with E-state index in [4.69, 9.17) is 0 Å².